The van der Waals surface area contributed by atoms with Gasteiger partial charge in [0, 0.05) is 13.0 Å². The monoisotopic (exact) mass is 256 g/mol. The highest BCUT2D eigenvalue weighted by molar-refractivity contribution is 6.32. The Labute approximate surface area is 101 Å². The van der Waals surface area contributed by atoms with Crippen LogP contribution in [0, 0.1) is 5.92 Å². The molecule has 0 aliphatic carbocycles. The number of carboxylic acids is 1. The summed E-state index contributed by atoms with van der Waals surface area (Å²) in [6, 6.07) is 0. The van der Waals surface area contributed by atoms with Crippen LogP contribution >= 0.6 is 11.6 Å². The molecule has 1 fully saturated rings. The molecule has 0 radical (unpaired) electrons. The highest BCUT2D eigenvalue weighted by atomic mass is 35.5. The van der Waals surface area contributed by atoms with Crippen LogP contribution in [-0.4, -0.2) is 33.5 Å². The Morgan fingerprint density at radius 1 is 1.59 bits per heavy atom. The van der Waals surface area contributed by atoms with Gasteiger partial charge >= 0.3 is 5.97 Å². The molecule has 0 bridgehead atoms. The summed E-state index contributed by atoms with van der Waals surface area (Å²) in [6.07, 6.45) is 1.12. The number of amides is 1. The van der Waals surface area contributed by atoms with Gasteiger partial charge in [-0.1, -0.05) is 11.6 Å². The molecule has 3 N–H and O–H groups in total. The van der Waals surface area contributed by atoms with Gasteiger partial charge in [0.1, 0.15) is 12.0 Å². The largest absolute Gasteiger partial charge is 0.481 e. The summed E-state index contributed by atoms with van der Waals surface area (Å²) < 4.78 is 0. The number of nitrogen functional groups attached to an aromatic ring is 1. The summed E-state index contributed by atoms with van der Waals surface area (Å²) in [5, 5.41) is 8.89. The van der Waals surface area contributed by atoms with Crippen LogP contribution in [0.2, 0.25) is 5.15 Å². The van der Waals surface area contributed by atoms with E-state index in [1.807, 2.05) is 0 Å². The van der Waals surface area contributed by atoms with Crippen molar-refractivity contribution in [3.63, 3.8) is 0 Å². The summed E-state index contributed by atoms with van der Waals surface area (Å²) in [7, 11) is 0. The van der Waals surface area contributed by atoms with Gasteiger partial charge in [-0.05, 0) is 0 Å². The first-order valence-electron chi connectivity index (χ1n) is 4.80. The van der Waals surface area contributed by atoms with Crippen molar-refractivity contribution in [2.24, 2.45) is 5.92 Å². The molecule has 8 heteroatoms. The fraction of sp³-hybridized carbons (Fsp3) is 0.333. The molecule has 1 unspecified atom stereocenters. The van der Waals surface area contributed by atoms with Gasteiger partial charge in [0.05, 0.1) is 5.92 Å². The number of nitrogens with zero attached hydrogens (tertiary/aromatic N) is 3. The van der Waals surface area contributed by atoms with Gasteiger partial charge in [-0.25, -0.2) is 9.97 Å². The van der Waals surface area contributed by atoms with Crippen LogP contribution in [0.4, 0.5) is 11.5 Å². The van der Waals surface area contributed by atoms with Gasteiger partial charge in [-0.3, -0.25) is 14.5 Å². The first kappa shape index (κ1) is 11.6. The van der Waals surface area contributed by atoms with Crippen LogP contribution in [0.25, 0.3) is 0 Å². The molecular weight excluding hydrogens is 248 g/mol. The van der Waals surface area contributed by atoms with Crippen LogP contribution in [-0.2, 0) is 9.59 Å². The summed E-state index contributed by atoms with van der Waals surface area (Å²) in [4.78, 5) is 31.2. The van der Waals surface area contributed by atoms with Gasteiger partial charge in [-0.15, -0.1) is 0 Å². The van der Waals surface area contributed by atoms with E-state index >= 15 is 0 Å². The van der Waals surface area contributed by atoms with Gasteiger partial charge in [0.15, 0.2) is 11.0 Å². The SMILES string of the molecule is Nc1c(Cl)ncnc1N1CC(C(=O)O)CC1=O. The summed E-state index contributed by atoms with van der Waals surface area (Å²) in [5.74, 6) is -1.92. The fourth-order valence-corrected chi connectivity index (χ4v) is 1.79. The molecule has 1 saturated heterocycles. The summed E-state index contributed by atoms with van der Waals surface area (Å²) >= 11 is 5.71. The van der Waals surface area contributed by atoms with E-state index in [0.717, 1.165) is 0 Å². The maximum absolute atomic E-state index is 11.7. The number of carboxylic acid groups (broad SMARTS) is 1. The zero-order valence-electron chi connectivity index (χ0n) is 8.63. The standard InChI is InChI=1S/C9H9ClN4O3/c10-7-6(11)8(13-3-12-7)14-2-4(9(16)17)1-5(14)15/h3-4H,1-2,11H2,(H,16,17). The van der Waals surface area contributed by atoms with Gasteiger partial charge in [0.2, 0.25) is 5.91 Å². The number of halogens is 1. The molecule has 2 rings (SSSR count). The molecule has 0 aromatic carbocycles. The van der Waals surface area contributed by atoms with E-state index in [-0.39, 0.29) is 35.5 Å². The number of carbonyl (C=O) groups excluding carboxylic acids is 1. The Morgan fingerprint density at radius 3 is 2.88 bits per heavy atom. The average Bonchev–Trinajstić information content (AvgIpc) is 2.65. The van der Waals surface area contributed by atoms with Crippen molar-refractivity contribution in [3.8, 4) is 0 Å². The highest BCUT2D eigenvalue weighted by Gasteiger charge is 2.36. The number of aliphatic carboxylic acids is 1. The molecule has 2 heterocycles. The lowest BCUT2D eigenvalue weighted by molar-refractivity contribution is -0.141. The van der Waals surface area contributed by atoms with Gasteiger partial charge in [0.25, 0.3) is 0 Å². The van der Waals surface area contributed by atoms with E-state index in [0.29, 0.717) is 0 Å². The molecule has 0 spiro atoms. The third-order valence-corrected chi connectivity index (χ3v) is 2.85. The number of anilines is 2. The molecule has 1 aliphatic heterocycles. The molecule has 1 amide bonds. The second kappa shape index (κ2) is 4.17. The highest BCUT2D eigenvalue weighted by Crippen LogP contribution is 2.30. The molecular formula is C9H9ClN4O3. The van der Waals surface area contributed by atoms with Crippen molar-refractivity contribution in [2.75, 3.05) is 17.2 Å². The maximum Gasteiger partial charge on any atom is 0.308 e. The van der Waals surface area contributed by atoms with Crippen molar-refractivity contribution in [1.29, 1.82) is 0 Å². The lowest BCUT2D eigenvalue weighted by Gasteiger charge is -2.16. The molecule has 7 nitrogen and oxygen atoms in total. The van der Waals surface area contributed by atoms with Crippen LogP contribution in [0.3, 0.4) is 0 Å². The second-order valence-corrected chi connectivity index (χ2v) is 4.00. The quantitative estimate of drug-likeness (QED) is 0.729. The topological polar surface area (TPSA) is 109 Å². The Hall–Kier alpha value is -1.89. The zero-order chi connectivity index (χ0) is 12.6. The van der Waals surface area contributed by atoms with Gasteiger partial charge < -0.3 is 10.8 Å². The minimum absolute atomic E-state index is 0.0431. The second-order valence-electron chi connectivity index (χ2n) is 3.65. The smallest absolute Gasteiger partial charge is 0.308 e. The van der Waals surface area contributed by atoms with E-state index in [1.54, 1.807) is 0 Å². The van der Waals surface area contributed by atoms with Crippen molar-refractivity contribution < 1.29 is 14.7 Å². The van der Waals surface area contributed by atoms with Crippen molar-refractivity contribution in [3.05, 3.63) is 11.5 Å². The molecule has 1 aromatic heterocycles. The molecule has 1 atom stereocenters. The molecule has 1 aliphatic rings. The number of hydrogen-bond donors (Lipinski definition) is 2. The Balaban J connectivity index is 2.32. The minimum atomic E-state index is -1.01. The lowest BCUT2D eigenvalue weighted by atomic mass is 10.1. The number of aromatic nitrogens is 2. The van der Waals surface area contributed by atoms with Crippen LogP contribution in [0.5, 0.6) is 0 Å². The Kier molecular flexibility index (Phi) is 2.84. The van der Waals surface area contributed by atoms with E-state index < -0.39 is 11.9 Å². The predicted octanol–water partition coefficient (Wildman–Crippen LogP) is 0.150. The third kappa shape index (κ3) is 2.01. The zero-order valence-corrected chi connectivity index (χ0v) is 9.39. The molecule has 0 saturated carbocycles. The van der Waals surface area contributed by atoms with Crippen molar-refractivity contribution in [2.45, 2.75) is 6.42 Å². The number of hydrogen-bond acceptors (Lipinski definition) is 5. The number of rotatable bonds is 2. The van der Waals surface area contributed by atoms with Crippen molar-refractivity contribution in [1.82, 2.24) is 9.97 Å². The normalized spacial score (nSPS) is 19.7. The van der Waals surface area contributed by atoms with E-state index in [9.17, 15) is 9.59 Å². The molecule has 90 valence electrons. The van der Waals surface area contributed by atoms with E-state index in [2.05, 4.69) is 9.97 Å². The van der Waals surface area contributed by atoms with Gasteiger partial charge in [-0.2, -0.15) is 0 Å². The number of nitrogens with two attached hydrogens (primary N) is 1. The van der Waals surface area contributed by atoms with Crippen molar-refractivity contribution >= 4 is 35.0 Å². The summed E-state index contributed by atoms with van der Waals surface area (Å²) in [5.41, 5.74) is 5.73. The summed E-state index contributed by atoms with van der Waals surface area (Å²) in [6.45, 7) is 0.0473. The van der Waals surface area contributed by atoms with Crippen LogP contribution < -0.4 is 10.6 Å². The third-order valence-electron chi connectivity index (χ3n) is 2.54. The van der Waals surface area contributed by atoms with Crippen LogP contribution in [0.1, 0.15) is 6.42 Å². The van der Waals surface area contributed by atoms with E-state index in [4.69, 9.17) is 22.4 Å². The molecule has 17 heavy (non-hydrogen) atoms. The average molecular weight is 257 g/mol. The Bertz CT molecular complexity index is 493. The predicted molar refractivity (Wildman–Crippen MR) is 59.6 cm³/mol. The Morgan fingerprint density at radius 2 is 2.29 bits per heavy atom. The fourth-order valence-electron chi connectivity index (χ4n) is 1.66. The van der Waals surface area contributed by atoms with E-state index in [1.165, 1.54) is 11.2 Å². The first-order chi connectivity index (χ1) is 8.00. The number of carbonyl (C=O) groups is 2. The maximum atomic E-state index is 11.7. The minimum Gasteiger partial charge on any atom is -0.481 e. The molecule has 1 aromatic rings. The first-order valence-corrected chi connectivity index (χ1v) is 5.17. The van der Waals surface area contributed by atoms with Crippen LogP contribution in [0.15, 0.2) is 6.33 Å². The lowest BCUT2D eigenvalue weighted by Crippen LogP contribution is -2.27.